The largest absolute Gasteiger partial charge is 0.340 e. The predicted molar refractivity (Wildman–Crippen MR) is 55.0 cm³/mol. The van der Waals surface area contributed by atoms with Crippen molar-refractivity contribution in [2.24, 2.45) is 0 Å². The Morgan fingerprint density at radius 2 is 2.54 bits per heavy atom. The van der Waals surface area contributed by atoms with Crippen molar-refractivity contribution < 1.29 is 0 Å². The maximum absolute atomic E-state index is 4.18. The zero-order valence-electron chi connectivity index (χ0n) is 7.62. The van der Waals surface area contributed by atoms with Crippen LogP contribution in [-0.2, 0) is 0 Å². The van der Waals surface area contributed by atoms with Crippen LogP contribution >= 0.6 is 11.8 Å². The van der Waals surface area contributed by atoms with Crippen LogP contribution in [0.4, 0.5) is 0 Å². The molecule has 1 unspecified atom stereocenters. The van der Waals surface area contributed by atoms with E-state index in [2.05, 4.69) is 15.3 Å². The summed E-state index contributed by atoms with van der Waals surface area (Å²) in [4.78, 5) is 7.28. The van der Waals surface area contributed by atoms with Gasteiger partial charge < -0.3 is 10.3 Å². The van der Waals surface area contributed by atoms with E-state index in [4.69, 9.17) is 0 Å². The summed E-state index contributed by atoms with van der Waals surface area (Å²) < 4.78 is 0. The highest BCUT2D eigenvalue weighted by molar-refractivity contribution is 7.99. The van der Waals surface area contributed by atoms with Gasteiger partial charge in [0.15, 0.2) is 5.16 Å². The summed E-state index contributed by atoms with van der Waals surface area (Å²) in [6, 6.07) is 0.684. The third kappa shape index (κ3) is 2.74. The average molecular weight is 197 g/mol. The number of H-pyrrole nitrogens is 1. The first-order valence-electron chi connectivity index (χ1n) is 4.81. The number of imidazole rings is 1. The van der Waals surface area contributed by atoms with E-state index in [0.717, 1.165) is 10.9 Å². The van der Waals surface area contributed by atoms with E-state index < -0.39 is 0 Å². The van der Waals surface area contributed by atoms with Crippen molar-refractivity contribution in [2.75, 3.05) is 12.3 Å². The summed E-state index contributed by atoms with van der Waals surface area (Å²) in [7, 11) is 0. The summed E-state index contributed by atoms with van der Waals surface area (Å²) in [5.74, 6) is 1.13. The van der Waals surface area contributed by atoms with E-state index in [9.17, 15) is 0 Å². The number of aromatic nitrogens is 2. The lowest BCUT2D eigenvalue weighted by Crippen LogP contribution is -2.35. The summed E-state index contributed by atoms with van der Waals surface area (Å²) >= 11 is 1.80. The quantitative estimate of drug-likeness (QED) is 0.724. The number of nitrogens with one attached hydrogen (secondary N) is 2. The lowest BCUT2D eigenvalue weighted by molar-refractivity contribution is 0.430. The van der Waals surface area contributed by atoms with Gasteiger partial charge in [0.2, 0.25) is 0 Å². The molecule has 1 aliphatic rings. The number of rotatable bonds is 3. The van der Waals surface area contributed by atoms with E-state index in [1.807, 2.05) is 6.20 Å². The number of hydrogen-bond acceptors (Lipinski definition) is 3. The molecule has 1 saturated heterocycles. The minimum absolute atomic E-state index is 0.684. The Balaban J connectivity index is 1.72. The van der Waals surface area contributed by atoms with Gasteiger partial charge in [-0.05, 0) is 19.4 Å². The molecule has 2 heterocycles. The molecule has 0 saturated carbocycles. The number of thioether (sulfide) groups is 1. The molecule has 1 aliphatic heterocycles. The van der Waals surface area contributed by atoms with Crippen molar-refractivity contribution in [3.05, 3.63) is 12.4 Å². The van der Waals surface area contributed by atoms with E-state index in [-0.39, 0.29) is 0 Å². The smallest absolute Gasteiger partial charge is 0.165 e. The Labute approximate surface area is 82.7 Å². The molecule has 0 spiro atoms. The normalized spacial score (nSPS) is 23.2. The third-order valence-corrected chi connectivity index (χ3v) is 3.37. The van der Waals surface area contributed by atoms with Gasteiger partial charge in [-0.2, -0.15) is 0 Å². The molecule has 3 nitrogen and oxygen atoms in total. The first-order valence-corrected chi connectivity index (χ1v) is 5.79. The van der Waals surface area contributed by atoms with Crippen LogP contribution in [0, 0.1) is 0 Å². The van der Waals surface area contributed by atoms with Gasteiger partial charge in [0.05, 0.1) is 0 Å². The molecule has 0 aromatic carbocycles. The van der Waals surface area contributed by atoms with Crippen LogP contribution in [0.1, 0.15) is 19.3 Å². The molecule has 0 aliphatic carbocycles. The molecule has 1 aromatic heterocycles. The molecule has 1 aromatic rings. The van der Waals surface area contributed by atoms with Crippen molar-refractivity contribution >= 4 is 11.8 Å². The summed E-state index contributed by atoms with van der Waals surface area (Å²) in [6.07, 6.45) is 7.69. The van der Waals surface area contributed by atoms with Gasteiger partial charge in [-0.3, -0.25) is 0 Å². The van der Waals surface area contributed by atoms with E-state index >= 15 is 0 Å². The lowest BCUT2D eigenvalue weighted by atomic mass is 10.1. The lowest BCUT2D eigenvalue weighted by Gasteiger charge is -2.22. The van der Waals surface area contributed by atoms with Crippen molar-refractivity contribution in [1.82, 2.24) is 15.3 Å². The molecule has 2 N–H and O–H groups in total. The second kappa shape index (κ2) is 4.67. The molecule has 4 heteroatoms. The molecule has 2 rings (SSSR count). The summed E-state index contributed by atoms with van der Waals surface area (Å²) in [5, 5.41) is 4.55. The molecule has 1 fully saturated rings. The molecule has 0 bridgehead atoms. The van der Waals surface area contributed by atoms with Crippen LogP contribution in [-0.4, -0.2) is 28.3 Å². The van der Waals surface area contributed by atoms with E-state index in [1.165, 1.54) is 25.8 Å². The van der Waals surface area contributed by atoms with Crippen LogP contribution in [0.3, 0.4) is 0 Å². The van der Waals surface area contributed by atoms with Gasteiger partial charge in [0.1, 0.15) is 0 Å². The van der Waals surface area contributed by atoms with Gasteiger partial charge in [-0.15, -0.1) is 0 Å². The molecular formula is C9H15N3S. The Kier molecular flexibility index (Phi) is 3.27. The fraction of sp³-hybridized carbons (Fsp3) is 0.667. The van der Waals surface area contributed by atoms with Gasteiger partial charge in [0, 0.05) is 24.2 Å². The molecule has 72 valence electrons. The minimum atomic E-state index is 0.684. The Morgan fingerprint density at radius 1 is 1.54 bits per heavy atom. The first kappa shape index (κ1) is 9.09. The summed E-state index contributed by atoms with van der Waals surface area (Å²) in [6.45, 7) is 1.18. The Morgan fingerprint density at radius 3 is 3.23 bits per heavy atom. The van der Waals surface area contributed by atoms with Crippen molar-refractivity contribution in [1.29, 1.82) is 0 Å². The minimum Gasteiger partial charge on any atom is -0.340 e. The van der Waals surface area contributed by atoms with Gasteiger partial charge in [0.25, 0.3) is 0 Å². The molecule has 13 heavy (non-hydrogen) atoms. The highest BCUT2D eigenvalue weighted by Crippen LogP contribution is 2.17. The Bertz CT molecular complexity index is 229. The first-order chi connectivity index (χ1) is 6.45. The van der Waals surface area contributed by atoms with Gasteiger partial charge in [-0.25, -0.2) is 4.98 Å². The van der Waals surface area contributed by atoms with Crippen LogP contribution in [0.2, 0.25) is 0 Å². The topological polar surface area (TPSA) is 40.7 Å². The maximum atomic E-state index is 4.18. The number of nitrogens with zero attached hydrogens (tertiary/aromatic N) is 1. The van der Waals surface area contributed by atoms with Crippen LogP contribution in [0.25, 0.3) is 0 Å². The fourth-order valence-corrected chi connectivity index (χ4v) is 2.51. The molecule has 0 amide bonds. The number of piperidine rings is 1. The van der Waals surface area contributed by atoms with Crippen molar-refractivity contribution in [3.8, 4) is 0 Å². The average Bonchev–Trinajstić information content (AvgIpc) is 2.69. The zero-order valence-corrected chi connectivity index (χ0v) is 8.44. The SMILES string of the molecule is c1c[nH]c(SCC2CCCCN2)n1. The standard InChI is InChI=1S/C9H15N3S/c1-2-4-10-8(3-1)7-13-9-11-5-6-12-9/h5-6,8,10H,1-4,7H2,(H,11,12). The predicted octanol–water partition coefficient (Wildman–Crippen LogP) is 1.64. The maximum Gasteiger partial charge on any atom is 0.165 e. The zero-order chi connectivity index (χ0) is 8.93. The Hall–Kier alpha value is -0.480. The van der Waals surface area contributed by atoms with Crippen LogP contribution in [0.15, 0.2) is 17.6 Å². The van der Waals surface area contributed by atoms with Crippen molar-refractivity contribution in [3.63, 3.8) is 0 Å². The van der Waals surface area contributed by atoms with Gasteiger partial charge in [-0.1, -0.05) is 18.2 Å². The van der Waals surface area contributed by atoms with E-state index in [0.29, 0.717) is 6.04 Å². The molecule has 0 radical (unpaired) electrons. The molecule has 1 atom stereocenters. The second-order valence-corrected chi connectivity index (χ2v) is 4.36. The van der Waals surface area contributed by atoms with Crippen LogP contribution in [0.5, 0.6) is 0 Å². The van der Waals surface area contributed by atoms with Gasteiger partial charge >= 0.3 is 0 Å². The number of hydrogen-bond donors (Lipinski definition) is 2. The highest BCUT2D eigenvalue weighted by atomic mass is 32.2. The van der Waals surface area contributed by atoms with Crippen LogP contribution < -0.4 is 5.32 Å². The third-order valence-electron chi connectivity index (χ3n) is 2.31. The fourth-order valence-electron chi connectivity index (χ4n) is 1.58. The summed E-state index contributed by atoms with van der Waals surface area (Å²) in [5.41, 5.74) is 0. The monoisotopic (exact) mass is 197 g/mol. The number of aromatic amines is 1. The second-order valence-electron chi connectivity index (χ2n) is 3.35. The molecular weight excluding hydrogens is 182 g/mol. The van der Waals surface area contributed by atoms with E-state index in [1.54, 1.807) is 18.0 Å². The van der Waals surface area contributed by atoms with Crippen molar-refractivity contribution in [2.45, 2.75) is 30.5 Å². The highest BCUT2D eigenvalue weighted by Gasteiger charge is 2.12.